The van der Waals surface area contributed by atoms with Crippen molar-refractivity contribution in [1.29, 1.82) is 0 Å². The monoisotopic (exact) mass is 291 g/mol. The Bertz CT molecular complexity index is 543. The van der Waals surface area contributed by atoms with Crippen LogP contribution in [-0.2, 0) is 10.2 Å². The molecule has 4 heteroatoms. The zero-order valence-corrected chi connectivity index (χ0v) is 13.3. The van der Waals surface area contributed by atoms with Crippen molar-refractivity contribution in [2.24, 2.45) is 11.7 Å². The highest BCUT2D eigenvalue weighted by atomic mass is 16.5. The lowest BCUT2D eigenvalue weighted by Crippen LogP contribution is -2.55. The minimum Gasteiger partial charge on any atom is -0.491 e. The van der Waals surface area contributed by atoms with E-state index in [1.54, 1.807) is 0 Å². The second-order valence-corrected chi connectivity index (χ2v) is 7.16. The van der Waals surface area contributed by atoms with E-state index in [1.807, 2.05) is 25.1 Å². The third-order valence-corrected chi connectivity index (χ3v) is 4.12. The fourth-order valence-corrected chi connectivity index (χ4v) is 2.52. The van der Waals surface area contributed by atoms with Crippen LogP contribution in [0.3, 0.4) is 0 Å². The van der Waals surface area contributed by atoms with Gasteiger partial charge >= 0.3 is 5.97 Å². The summed E-state index contributed by atoms with van der Waals surface area (Å²) in [5, 5.41) is 9.40. The Balaban J connectivity index is 2.23. The first-order chi connectivity index (χ1) is 9.64. The van der Waals surface area contributed by atoms with E-state index in [0.717, 1.165) is 29.7 Å². The maximum absolute atomic E-state index is 11.5. The molecule has 0 aromatic heterocycles. The fourth-order valence-electron chi connectivity index (χ4n) is 2.52. The van der Waals surface area contributed by atoms with Crippen molar-refractivity contribution in [1.82, 2.24) is 0 Å². The summed E-state index contributed by atoms with van der Waals surface area (Å²) < 4.78 is 5.87. The zero-order valence-electron chi connectivity index (χ0n) is 13.3. The third-order valence-electron chi connectivity index (χ3n) is 4.12. The van der Waals surface area contributed by atoms with Crippen LogP contribution in [0.1, 0.15) is 44.7 Å². The van der Waals surface area contributed by atoms with Crippen LogP contribution in [0.15, 0.2) is 18.2 Å². The van der Waals surface area contributed by atoms with Crippen LogP contribution < -0.4 is 10.5 Å². The van der Waals surface area contributed by atoms with Gasteiger partial charge in [-0.2, -0.15) is 0 Å². The summed E-state index contributed by atoms with van der Waals surface area (Å²) >= 11 is 0. The molecule has 0 radical (unpaired) electrons. The molecule has 1 unspecified atom stereocenters. The lowest BCUT2D eigenvalue weighted by molar-refractivity contribution is -0.145. The number of nitrogens with two attached hydrogens (primary N) is 1. The van der Waals surface area contributed by atoms with Crippen molar-refractivity contribution in [2.75, 3.05) is 6.61 Å². The van der Waals surface area contributed by atoms with Gasteiger partial charge < -0.3 is 15.6 Å². The highest BCUT2D eigenvalue weighted by molar-refractivity contribution is 5.79. The Hall–Kier alpha value is -1.55. The van der Waals surface area contributed by atoms with Crippen molar-refractivity contribution in [3.05, 3.63) is 29.3 Å². The van der Waals surface area contributed by atoms with Gasteiger partial charge in [-0.25, -0.2) is 0 Å². The van der Waals surface area contributed by atoms with Crippen molar-refractivity contribution in [2.45, 2.75) is 51.5 Å². The summed E-state index contributed by atoms with van der Waals surface area (Å²) in [6.07, 6.45) is 1.73. The average molecular weight is 291 g/mol. The van der Waals surface area contributed by atoms with Crippen LogP contribution in [0.25, 0.3) is 0 Å². The summed E-state index contributed by atoms with van der Waals surface area (Å²) in [4.78, 5) is 11.5. The highest BCUT2D eigenvalue weighted by Crippen LogP contribution is 2.39. The predicted molar refractivity (Wildman–Crippen MR) is 82.7 cm³/mol. The number of carboxylic acids is 1. The van der Waals surface area contributed by atoms with Crippen LogP contribution in [0.5, 0.6) is 5.75 Å². The Labute approximate surface area is 126 Å². The number of rotatable bonds is 5. The minimum absolute atomic E-state index is 0.0134. The van der Waals surface area contributed by atoms with Crippen LogP contribution in [0, 0.1) is 12.8 Å². The molecule has 4 nitrogen and oxygen atoms in total. The van der Waals surface area contributed by atoms with Gasteiger partial charge in [0.25, 0.3) is 0 Å². The number of carboxylic acid groups (broad SMARTS) is 1. The van der Waals surface area contributed by atoms with E-state index in [2.05, 4.69) is 20.8 Å². The van der Waals surface area contributed by atoms with Crippen LogP contribution in [0.4, 0.5) is 0 Å². The van der Waals surface area contributed by atoms with Gasteiger partial charge in [-0.05, 0) is 48.3 Å². The molecule has 0 heterocycles. The molecule has 2 rings (SSSR count). The van der Waals surface area contributed by atoms with E-state index in [1.165, 1.54) is 0 Å². The van der Waals surface area contributed by atoms with E-state index in [4.69, 9.17) is 10.5 Å². The Morgan fingerprint density at radius 3 is 2.48 bits per heavy atom. The third kappa shape index (κ3) is 3.38. The van der Waals surface area contributed by atoms with Gasteiger partial charge in [0.05, 0.1) is 0 Å². The fraction of sp³-hybridized carbons (Fsp3) is 0.588. The Morgan fingerprint density at radius 1 is 1.38 bits per heavy atom. The van der Waals surface area contributed by atoms with Gasteiger partial charge in [-0.1, -0.05) is 32.9 Å². The molecule has 0 spiro atoms. The second kappa shape index (κ2) is 5.34. The number of ether oxygens (including phenoxy) is 1. The molecule has 1 aromatic rings. The smallest absolute Gasteiger partial charge is 0.327 e. The SMILES string of the molecule is Cc1ccc(C(C)(C)C)c(OCC(N)(C(=O)O)C2CC2)c1. The first-order valence-corrected chi connectivity index (χ1v) is 7.41. The number of aliphatic carboxylic acids is 1. The van der Waals surface area contributed by atoms with Crippen molar-refractivity contribution < 1.29 is 14.6 Å². The summed E-state index contributed by atoms with van der Waals surface area (Å²) in [6, 6.07) is 6.04. The molecule has 1 atom stereocenters. The maximum atomic E-state index is 11.5. The lowest BCUT2D eigenvalue weighted by atomic mass is 9.86. The van der Waals surface area contributed by atoms with Gasteiger partial charge in [0, 0.05) is 0 Å². The number of aryl methyl sites for hydroxylation is 1. The van der Waals surface area contributed by atoms with Crippen molar-refractivity contribution in [3.8, 4) is 5.75 Å². The van der Waals surface area contributed by atoms with Gasteiger partial charge in [0.15, 0.2) is 5.54 Å². The van der Waals surface area contributed by atoms with Gasteiger partial charge in [-0.3, -0.25) is 4.79 Å². The molecule has 0 saturated heterocycles. The molecule has 0 amide bonds. The van der Waals surface area contributed by atoms with E-state index >= 15 is 0 Å². The van der Waals surface area contributed by atoms with Gasteiger partial charge in [0.1, 0.15) is 12.4 Å². The first kappa shape index (κ1) is 15.8. The van der Waals surface area contributed by atoms with Crippen LogP contribution >= 0.6 is 0 Å². The Kier molecular flexibility index (Phi) is 4.02. The maximum Gasteiger partial charge on any atom is 0.327 e. The number of carbonyl (C=O) groups is 1. The van der Waals surface area contributed by atoms with E-state index in [9.17, 15) is 9.90 Å². The largest absolute Gasteiger partial charge is 0.491 e. The normalized spacial score (nSPS) is 18.1. The molecule has 0 bridgehead atoms. The number of hydrogen-bond donors (Lipinski definition) is 2. The van der Waals surface area contributed by atoms with Crippen LogP contribution in [-0.4, -0.2) is 23.2 Å². The van der Waals surface area contributed by atoms with Crippen LogP contribution in [0.2, 0.25) is 0 Å². The van der Waals surface area contributed by atoms with Crippen molar-refractivity contribution >= 4 is 5.97 Å². The molecule has 1 fully saturated rings. The van der Waals surface area contributed by atoms with E-state index in [-0.39, 0.29) is 17.9 Å². The summed E-state index contributed by atoms with van der Waals surface area (Å²) in [7, 11) is 0. The molecule has 1 aliphatic carbocycles. The summed E-state index contributed by atoms with van der Waals surface area (Å²) in [5.41, 5.74) is 6.87. The molecule has 1 aromatic carbocycles. The van der Waals surface area contributed by atoms with Crippen molar-refractivity contribution in [3.63, 3.8) is 0 Å². The average Bonchev–Trinajstić information content (AvgIpc) is 3.18. The molecule has 1 aliphatic rings. The van der Waals surface area contributed by atoms with Gasteiger partial charge in [0.2, 0.25) is 0 Å². The summed E-state index contributed by atoms with van der Waals surface area (Å²) in [6.45, 7) is 8.33. The number of benzene rings is 1. The molecule has 1 saturated carbocycles. The second-order valence-electron chi connectivity index (χ2n) is 7.16. The zero-order chi connectivity index (χ0) is 15.8. The van der Waals surface area contributed by atoms with E-state index < -0.39 is 11.5 Å². The molecular weight excluding hydrogens is 266 g/mol. The summed E-state index contributed by atoms with van der Waals surface area (Å²) in [5.74, 6) is -0.216. The Morgan fingerprint density at radius 2 is 2.00 bits per heavy atom. The number of hydrogen-bond acceptors (Lipinski definition) is 3. The molecule has 3 N–H and O–H groups in total. The highest BCUT2D eigenvalue weighted by Gasteiger charge is 2.49. The minimum atomic E-state index is -1.28. The predicted octanol–water partition coefficient (Wildman–Crippen LogP) is 2.86. The topological polar surface area (TPSA) is 72.5 Å². The molecule has 116 valence electrons. The first-order valence-electron chi connectivity index (χ1n) is 7.41. The lowest BCUT2D eigenvalue weighted by Gasteiger charge is -2.28. The van der Waals surface area contributed by atoms with Gasteiger partial charge in [-0.15, -0.1) is 0 Å². The molecular formula is C17H25NO3. The molecule has 21 heavy (non-hydrogen) atoms. The van der Waals surface area contributed by atoms with E-state index in [0.29, 0.717) is 0 Å². The standard InChI is InChI=1S/C17H25NO3/c1-11-5-8-13(16(2,3)4)14(9-11)21-10-17(18,15(19)20)12-6-7-12/h5,8-9,12H,6-7,10,18H2,1-4H3,(H,19,20). The molecule has 0 aliphatic heterocycles. The quantitative estimate of drug-likeness (QED) is 0.875.